The van der Waals surface area contributed by atoms with Gasteiger partial charge in [0.1, 0.15) is 7.05 Å². The summed E-state index contributed by atoms with van der Waals surface area (Å²) in [6.45, 7) is 2.98. The first-order chi connectivity index (χ1) is 10.9. The third kappa shape index (κ3) is 2.99. The first-order valence-corrected chi connectivity index (χ1v) is 7.36. The summed E-state index contributed by atoms with van der Waals surface area (Å²) in [7, 11) is 1.97. The molecule has 0 aliphatic carbocycles. The van der Waals surface area contributed by atoms with Gasteiger partial charge >= 0.3 is 0 Å². The highest BCUT2D eigenvalue weighted by Gasteiger charge is 2.13. The number of aryl methyl sites for hydroxylation is 1. The first kappa shape index (κ1) is 15.0. The molecule has 0 radical (unpaired) electrons. The van der Waals surface area contributed by atoms with Crippen LogP contribution in [-0.2, 0) is 16.6 Å². The van der Waals surface area contributed by atoms with Crippen LogP contribution in [0.2, 0.25) is 0 Å². The first-order valence-electron chi connectivity index (χ1n) is 7.36. The highest BCUT2D eigenvalue weighted by molar-refractivity contribution is 5.96. The van der Waals surface area contributed by atoms with E-state index in [0.717, 1.165) is 33.2 Å². The minimum atomic E-state index is -0.0965. The quantitative estimate of drug-likeness (QED) is 0.565. The fourth-order valence-corrected chi connectivity index (χ4v) is 2.77. The number of nitrogens with zero attached hydrogens (tertiary/aromatic N) is 1. The van der Waals surface area contributed by atoms with Crippen LogP contribution >= 0.6 is 0 Å². The van der Waals surface area contributed by atoms with E-state index < -0.39 is 0 Å². The van der Waals surface area contributed by atoms with Gasteiger partial charge in [-0.05, 0) is 30.3 Å². The Kier molecular flexibility index (Phi) is 3.70. The molecule has 2 aromatic carbocycles. The van der Waals surface area contributed by atoms with Crippen LogP contribution in [0.4, 0.5) is 11.4 Å². The lowest BCUT2D eigenvalue weighted by atomic mass is 10.1. The van der Waals surface area contributed by atoms with Gasteiger partial charge in [0.2, 0.25) is 22.8 Å². The summed E-state index contributed by atoms with van der Waals surface area (Å²) in [6.07, 6.45) is 0. The number of carbonyl (C=O) groups excluding carboxylic acids is 2. The smallest absolute Gasteiger partial charge is 0.221 e. The molecular formula is C18H18N3O2+. The van der Waals surface area contributed by atoms with Crippen LogP contribution in [0.25, 0.3) is 21.8 Å². The molecular weight excluding hydrogens is 290 g/mol. The van der Waals surface area contributed by atoms with Crippen LogP contribution in [0.1, 0.15) is 13.8 Å². The maximum absolute atomic E-state index is 11.2. The number of pyridine rings is 1. The number of carbonyl (C=O) groups is 2. The normalized spacial score (nSPS) is 10.7. The number of fused-ring (bicyclic) bond motifs is 2. The van der Waals surface area contributed by atoms with Crippen LogP contribution in [0.5, 0.6) is 0 Å². The van der Waals surface area contributed by atoms with E-state index in [-0.39, 0.29) is 11.8 Å². The molecule has 2 N–H and O–H groups in total. The number of amides is 2. The second-order valence-electron chi connectivity index (χ2n) is 5.61. The second kappa shape index (κ2) is 5.68. The minimum absolute atomic E-state index is 0.0965. The van der Waals surface area contributed by atoms with E-state index in [2.05, 4.69) is 21.3 Å². The lowest BCUT2D eigenvalue weighted by molar-refractivity contribution is -0.617. The van der Waals surface area contributed by atoms with Crippen molar-refractivity contribution in [2.24, 2.45) is 7.05 Å². The van der Waals surface area contributed by atoms with E-state index >= 15 is 0 Å². The van der Waals surface area contributed by atoms with Crippen molar-refractivity contribution in [2.45, 2.75) is 13.8 Å². The van der Waals surface area contributed by atoms with Crippen molar-refractivity contribution in [2.75, 3.05) is 10.6 Å². The van der Waals surface area contributed by atoms with Gasteiger partial charge in [0, 0.05) is 48.1 Å². The molecule has 116 valence electrons. The average molecular weight is 308 g/mol. The van der Waals surface area contributed by atoms with E-state index in [9.17, 15) is 9.59 Å². The lowest BCUT2D eigenvalue weighted by Gasteiger charge is -2.07. The molecule has 1 aromatic heterocycles. The predicted octanol–water partition coefficient (Wildman–Crippen LogP) is 2.73. The molecule has 5 heteroatoms. The topological polar surface area (TPSA) is 62.1 Å². The van der Waals surface area contributed by atoms with Crippen LogP contribution in [-0.4, -0.2) is 11.8 Å². The number of hydrogen-bond donors (Lipinski definition) is 2. The lowest BCUT2D eigenvalue weighted by Crippen LogP contribution is -2.30. The van der Waals surface area contributed by atoms with Crippen molar-refractivity contribution in [3.8, 4) is 0 Å². The molecule has 0 unspecified atom stereocenters. The Bertz CT molecular complexity index is 874. The zero-order valence-corrected chi connectivity index (χ0v) is 13.3. The van der Waals surface area contributed by atoms with Crippen molar-refractivity contribution >= 4 is 45.0 Å². The summed E-state index contributed by atoms with van der Waals surface area (Å²) < 4.78 is 2.06. The molecule has 3 rings (SSSR count). The van der Waals surface area contributed by atoms with Crippen molar-refractivity contribution < 1.29 is 14.2 Å². The van der Waals surface area contributed by atoms with Crippen molar-refractivity contribution in [3.63, 3.8) is 0 Å². The van der Waals surface area contributed by atoms with Gasteiger partial charge < -0.3 is 10.6 Å². The Hall–Kier alpha value is -2.95. The maximum atomic E-state index is 11.2. The highest BCUT2D eigenvalue weighted by Crippen LogP contribution is 2.23. The highest BCUT2D eigenvalue weighted by atomic mass is 16.2. The van der Waals surface area contributed by atoms with E-state index in [0.29, 0.717) is 0 Å². The van der Waals surface area contributed by atoms with Gasteiger partial charge in [0.05, 0.1) is 0 Å². The fraction of sp³-hybridized carbons (Fsp3) is 0.167. The van der Waals surface area contributed by atoms with Gasteiger partial charge in [-0.2, -0.15) is 4.57 Å². The minimum Gasteiger partial charge on any atom is -0.326 e. The fourth-order valence-electron chi connectivity index (χ4n) is 2.77. The molecule has 0 saturated carbocycles. The monoisotopic (exact) mass is 308 g/mol. The SMILES string of the molecule is CC(=O)Nc1ccc2cc3ccc(NC(C)=O)cc3[n+](C)c2c1. The average Bonchev–Trinajstić information content (AvgIpc) is 2.48. The zero-order valence-electron chi connectivity index (χ0n) is 13.3. The Morgan fingerprint density at radius 1 is 0.783 bits per heavy atom. The number of hydrogen-bond acceptors (Lipinski definition) is 2. The third-order valence-corrected chi connectivity index (χ3v) is 3.74. The van der Waals surface area contributed by atoms with E-state index in [1.165, 1.54) is 13.8 Å². The molecule has 0 atom stereocenters. The Morgan fingerprint density at radius 2 is 1.22 bits per heavy atom. The van der Waals surface area contributed by atoms with Crippen molar-refractivity contribution in [3.05, 3.63) is 42.5 Å². The summed E-state index contributed by atoms with van der Waals surface area (Å²) >= 11 is 0. The van der Waals surface area contributed by atoms with Gasteiger partial charge in [-0.3, -0.25) is 9.59 Å². The number of nitrogens with one attached hydrogen (secondary N) is 2. The van der Waals surface area contributed by atoms with E-state index in [1.807, 2.05) is 43.4 Å². The number of benzene rings is 2. The summed E-state index contributed by atoms with van der Waals surface area (Å²) in [5, 5.41) is 7.77. The van der Waals surface area contributed by atoms with Gasteiger partial charge in [-0.15, -0.1) is 0 Å². The molecule has 23 heavy (non-hydrogen) atoms. The number of aromatic nitrogens is 1. The molecule has 0 spiro atoms. The van der Waals surface area contributed by atoms with Crippen LogP contribution in [0, 0.1) is 0 Å². The van der Waals surface area contributed by atoms with Crippen LogP contribution in [0.3, 0.4) is 0 Å². The molecule has 0 aliphatic heterocycles. The third-order valence-electron chi connectivity index (χ3n) is 3.74. The number of anilines is 2. The van der Waals surface area contributed by atoms with Crippen LogP contribution < -0.4 is 15.2 Å². The molecule has 1 heterocycles. The molecule has 0 bridgehead atoms. The summed E-state index contributed by atoms with van der Waals surface area (Å²) in [6, 6.07) is 13.7. The van der Waals surface area contributed by atoms with Gasteiger partial charge in [0.15, 0.2) is 0 Å². The maximum Gasteiger partial charge on any atom is 0.221 e. The van der Waals surface area contributed by atoms with Crippen molar-refractivity contribution in [1.29, 1.82) is 0 Å². The number of rotatable bonds is 2. The predicted molar refractivity (Wildman–Crippen MR) is 91.2 cm³/mol. The molecule has 0 saturated heterocycles. The molecule has 3 aromatic rings. The Labute approximate surface area is 133 Å². The van der Waals surface area contributed by atoms with Gasteiger partial charge in [-0.25, -0.2) is 0 Å². The second-order valence-corrected chi connectivity index (χ2v) is 5.61. The van der Waals surface area contributed by atoms with Gasteiger partial charge in [-0.1, -0.05) is 0 Å². The van der Waals surface area contributed by atoms with Crippen molar-refractivity contribution in [1.82, 2.24) is 0 Å². The largest absolute Gasteiger partial charge is 0.326 e. The van der Waals surface area contributed by atoms with Crippen LogP contribution in [0.15, 0.2) is 42.5 Å². The Morgan fingerprint density at radius 3 is 1.61 bits per heavy atom. The molecule has 0 aliphatic rings. The molecule has 0 fully saturated rings. The Balaban J connectivity index is 2.20. The summed E-state index contributed by atoms with van der Waals surface area (Å²) in [4.78, 5) is 22.5. The standard InChI is InChI=1S/C18H17N3O2/c1-11(22)19-15-6-4-13-8-14-5-7-16(20-12(2)23)10-18(14)21(3)17(13)9-15/h4-10H,1-3H3,(H,19,20,22,23)/p+1. The van der Waals surface area contributed by atoms with Gasteiger partial charge in [0.25, 0.3) is 0 Å². The summed E-state index contributed by atoms with van der Waals surface area (Å²) in [5.41, 5.74) is 3.53. The zero-order chi connectivity index (χ0) is 16.6. The molecule has 2 amide bonds. The van der Waals surface area contributed by atoms with E-state index in [4.69, 9.17) is 0 Å². The van der Waals surface area contributed by atoms with E-state index in [1.54, 1.807) is 0 Å². The molecule has 5 nitrogen and oxygen atoms in total. The summed E-state index contributed by atoms with van der Waals surface area (Å²) in [5.74, 6) is -0.193.